The Morgan fingerprint density at radius 2 is 1.95 bits per heavy atom. The van der Waals surface area contributed by atoms with Crippen molar-refractivity contribution in [1.82, 2.24) is 9.03 Å². The van der Waals surface area contributed by atoms with E-state index in [0.29, 0.717) is 6.54 Å². The molecule has 0 aromatic heterocycles. The number of benzene rings is 1. The van der Waals surface area contributed by atoms with Gasteiger partial charge in [-0.25, -0.2) is 0 Å². The number of nitrogens with one attached hydrogen (secondary N) is 1. The summed E-state index contributed by atoms with van der Waals surface area (Å²) in [5.74, 6) is 0. The first-order valence-electron chi connectivity index (χ1n) is 7.45. The molecule has 2 rings (SSSR count). The van der Waals surface area contributed by atoms with Gasteiger partial charge >= 0.3 is 0 Å². The Hall–Kier alpha value is -1.17. The second-order valence-corrected chi connectivity index (χ2v) is 7.42. The van der Waals surface area contributed by atoms with Crippen molar-refractivity contribution in [3.05, 3.63) is 47.5 Å². The highest BCUT2D eigenvalue weighted by atomic mass is 32.2. The van der Waals surface area contributed by atoms with Crippen LogP contribution in [0.3, 0.4) is 0 Å². The van der Waals surface area contributed by atoms with Crippen molar-refractivity contribution in [2.75, 3.05) is 7.05 Å². The molecule has 0 bridgehead atoms. The highest BCUT2D eigenvalue weighted by Gasteiger charge is 2.22. The topological polar surface area (TPSA) is 49.4 Å². The Kier molecular flexibility index (Phi) is 5.56. The number of rotatable bonds is 6. The van der Waals surface area contributed by atoms with Gasteiger partial charge in [0.05, 0.1) is 0 Å². The van der Waals surface area contributed by atoms with Crippen LogP contribution in [-0.2, 0) is 16.8 Å². The van der Waals surface area contributed by atoms with Crippen LogP contribution in [0.25, 0.3) is 0 Å². The largest absolute Gasteiger partial charge is 0.280 e. The average Bonchev–Trinajstić information content (AvgIpc) is 2.48. The summed E-state index contributed by atoms with van der Waals surface area (Å²) in [6.07, 6.45) is 6.58. The van der Waals surface area contributed by atoms with E-state index >= 15 is 0 Å². The van der Waals surface area contributed by atoms with Crippen molar-refractivity contribution in [1.29, 1.82) is 0 Å². The summed E-state index contributed by atoms with van der Waals surface area (Å²) in [6.45, 7) is 2.30. The van der Waals surface area contributed by atoms with Gasteiger partial charge in [-0.2, -0.15) is 17.4 Å². The zero-order valence-corrected chi connectivity index (χ0v) is 13.6. The standard InChI is InChI=1S/C16H24N2O2S/c1-14(16-11-7-4-8-12-16)17-21(19,20)18(2)13-15-9-5-3-6-10-15/h3,5-6,9-11,14,17H,4,7-8,12-13H2,1-2H3/t14-/m1/s1. The lowest BCUT2D eigenvalue weighted by Crippen LogP contribution is -2.43. The van der Waals surface area contributed by atoms with Crippen LogP contribution in [0.4, 0.5) is 0 Å². The Morgan fingerprint density at radius 1 is 1.24 bits per heavy atom. The van der Waals surface area contributed by atoms with Crippen LogP contribution < -0.4 is 4.72 Å². The first-order valence-corrected chi connectivity index (χ1v) is 8.89. The number of hydrogen-bond acceptors (Lipinski definition) is 2. The SMILES string of the molecule is C[C@@H](NS(=O)(=O)N(C)Cc1ccccc1)C1=CCCCC1. The fourth-order valence-electron chi connectivity index (χ4n) is 2.57. The molecule has 0 aliphatic heterocycles. The maximum Gasteiger partial charge on any atom is 0.280 e. The lowest BCUT2D eigenvalue weighted by Gasteiger charge is -2.24. The van der Waals surface area contributed by atoms with E-state index < -0.39 is 10.2 Å². The van der Waals surface area contributed by atoms with Gasteiger partial charge in [0.1, 0.15) is 0 Å². The van der Waals surface area contributed by atoms with Gasteiger partial charge in [-0.15, -0.1) is 0 Å². The summed E-state index contributed by atoms with van der Waals surface area (Å²) < 4.78 is 28.9. The summed E-state index contributed by atoms with van der Waals surface area (Å²) in [7, 11) is -1.86. The van der Waals surface area contributed by atoms with E-state index in [9.17, 15) is 8.42 Å². The molecule has 0 fully saturated rings. The molecule has 0 unspecified atom stereocenters. The zero-order chi connectivity index (χ0) is 15.3. The number of nitrogens with zero attached hydrogens (tertiary/aromatic N) is 1. The number of hydrogen-bond donors (Lipinski definition) is 1. The molecule has 5 heteroatoms. The van der Waals surface area contributed by atoms with Crippen molar-refractivity contribution >= 4 is 10.2 Å². The minimum absolute atomic E-state index is 0.131. The minimum Gasteiger partial charge on any atom is -0.195 e. The zero-order valence-electron chi connectivity index (χ0n) is 12.7. The van der Waals surface area contributed by atoms with E-state index in [-0.39, 0.29) is 6.04 Å². The third-order valence-corrected chi connectivity index (χ3v) is 5.47. The quantitative estimate of drug-likeness (QED) is 0.822. The van der Waals surface area contributed by atoms with Crippen LogP contribution in [-0.4, -0.2) is 25.8 Å². The molecule has 4 nitrogen and oxygen atoms in total. The molecule has 0 heterocycles. The van der Waals surface area contributed by atoms with E-state index in [1.165, 1.54) is 16.3 Å². The molecule has 1 aliphatic carbocycles. The third kappa shape index (κ3) is 4.66. The Bertz CT molecular complexity index is 582. The van der Waals surface area contributed by atoms with Crippen LogP contribution in [0, 0.1) is 0 Å². The molecule has 1 aromatic rings. The fourth-order valence-corrected chi connectivity index (χ4v) is 3.67. The van der Waals surface area contributed by atoms with Crippen molar-refractivity contribution < 1.29 is 8.42 Å². The van der Waals surface area contributed by atoms with Gasteiger partial charge in [0.15, 0.2) is 0 Å². The Balaban J connectivity index is 1.98. The summed E-state index contributed by atoms with van der Waals surface area (Å²) in [5, 5.41) is 0. The monoisotopic (exact) mass is 308 g/mol. The molecule has 0 amide bonds. The Labute approximate surface area is 128 Å². The van der Waals surface area contributed by atoms with Gasteiger partial charge in [0, 0.05) is 19.6 Å². The second kappa shape index (κ2) is 7.20. The maximum atomic E-state index is 12.4. The average molecular weight is 308 g/mol. The molecule has 0 saturated carbocycles. The molecule has 1 atom stereocenters. The summed E-state index contributed by atoms with van der Waals surface area (Å²) in [6, 6.07) is 9.48. The van der Waals surface area contributed by atoms with Crippen LogP contribution in [0.1, 0.15) is 38.2 Å². The van der Waals surface area contributed by atoms with Crippen LogP contribution in [0.5, 0.6) is 0 Å². The van der Waals surface area contributed by atoms with Gasteiger partial charge < -0.3 is 0 Å². The highest BCUT2D eigenvalue weighted by molar-refractivity contribution is 7.87. The molecule has 0 spiro atoms. The van der Waals surface area contributed by atoms with Crippen molar-refractivity contribution in [3.8, 4) is 0 Å². The van der Waals surface area contributed by atoms with Crippen molar-refractivity contribution in [3.63, 3.8) is 0 Å². The summed E-state index contributed by atoms with van der Waals surface area (Å²) in [4.78, 5) is 0. The molecule has 1 N–H and O–H groups in total. The van der Waals surface area contributed by atoms with Gasteiger partial charge in [-0.1, -0.05) is 42.0 Å². The van der Waals surface area contributed by atoms with Crippen LogP contribution in [0.2, 0.25) is 0 Å². The predicted octanol–water partition coefficient (Wildman–Crippen LogP) is 2.84. The molecule has 1 aromatic carbocycles. The van der Waals surface area contributed by atoms with E-state index in [4.69, 9.17) is 0 Å². The van der Waals surface area contributed by atoms with E-state index in [0.717, 1.165) is 24.8 Å². The number of allylic oxidation sites excluding steroid dienone is 1. The molecule has 21 heavy (non-hydrogen) atoms. The van der Waals surface area contributed by atoms with Gasteiger partial charge in [-0.3, -0.25) is 0 Å². The fraction of sp³-hybridized carbons (Fsp3) is 0.500. The van der Waals surface area contributed by atoms with Gasteiger partial charge in [0.2, 0.25) is 0 Å². The molecule has 0 saturated heterocycles. The van der Waals surface area contributed by atoms with Crippen LogP contribution >= 0.6 is 0 Å². The normalized spacial score (nSPS) is 17.6. The van der Waals surface area contributed by atoms with Gasteiger partial charge in [0.25, 0.3) is 10.2 Å². The minimum atomic E-state index is -3.46. The van der Waals surface area contributed by atoms with E-state index in [1.807, 2.05) is 37.3 Å². The molecule has 1 aliphatic rings. The van der Waals surface area contributed by atoms with Crippen molar-refractivity contribution in [2.45, 2.75) is 45.2 Å². The van der Waals surface area contributed by atoms with E-state index in [2.05, 4.69) is 10.8 Å². The molecule has 0 radical (unpaired) electrons. The van der Waals surface area contributed by atoms with Crippen LogP contribution in [0.15, 0.2) is 42.0 Å². The predicted molar refractivity (Wildman–Crippen MR) is 86.0 cm³/mol. The van der Waals surface area contributed by atoms with Crippen molar-refractivity contribution in [2.24, 2.45) is 0 Å². The lowest BCUT2D eigenvalue weighted by molar-refractivity contribution is 0.448. The maximum absolute atomic E-state index is 12.4. The first kappa shape index (κ1) is 16.2. The van der Waals surface area contributed by atoms with Gasteiger partial charge in [-0.05, 0) is 38.2 Å². The molecule has 116 valence electrons. The molecular formula is C16H24N2O2S. The smallest absolute Gasteiger partial charge is 0.195 e. The Morgan fingerprint density at radius 3 is 2.57 bits per heavy atom. The van der Waals surface area contributed by atoms with E-state index in [1.54, 1.807) is 7.05 Å². The molecular weight excluding hydrogens is 284 g/mol. The third-order valence-electron chi connectivity index (χ3n) is 3.87. The second-order valence-electron chi connectivity index (χ2n) is 5.61. The highest BCUT2D eigenvalue weighted by Crippen LogP contribution is 2.20. The summed E-state index contributed by atoms with van der Waals surface area (Å²) >= 11 is 0. The lowest BCUT2D eigenvalue weighted by atomic mass is 9.95. The first-order chi connectivity index (χ1) is 9.99. The summed E-state index contributed by atoms with van der Waals surface area (Å²) in [5.41, 5.74) is 2.19.